The van der Waals surface area contributed by atoms with E-state index in [9.17, 15) is 14.7 Å². The lowest BCUT2D eigenvalue weighted by Crippen LogP contribution is -2.29. The number of anilines is 1. The summed E-state index contributed by atoms with van der Waals surface area (Å²) in [6.45, 7) is 4.90. The molecule has 4 heterocycles. The minimum absolute atomic E-state index is 0.00232. The van der Waals surface area contributed by atoms with Crippen molar-refractivity contribution in [2.45, 2.75) is 38.6 Å². The molecule has 2 aliphatic heterocycles. The van der Waals surface area contributed by atoms with E-state index in [1.807, 2.05) is 18.2 Å². The third-order valence-corrected chi connectivity index (χ3v) is 7.89. The molecule has 1 N–H and O–H groups in total. The van der Waals surface area contributed by atoms with Crippen LogP contribution >= 0.6 is 11.3 Å². The average molecular weight is 512 g/mol. The maximum absolute atomic E-state index is 13.5. The molecular formula is C29H25N3O4S. The highest BCUT2D eigenvalue weighted by molar-refractivity contribution is 7.22. The molecule has 1 atom stereocenters. The summed E-state index contributed by atoms with van der Waals surface area (Å²) in [7, 11) is 0. The summed E-state index contributed by atoms with van der Waals surface area (Å²) in [4.78, 5) is 37.5. The van der Waals surface area contributed by atoms with Crippen LogP contribution in [0.1, 0.15) is 54.6 Å². The molecule has 2 aromatic carbocycles. The SMILES string of the molecule is CC(C)c1ccc2nc(N3C(=O)C(=O)/C(=C(/O)c4ccc5c(c4)CCCO5)C3c3ccccn3)sc2c1. The highest BCUT2D eigenvalue weighted by Crippen LogP contribution is 2.44. The second-order valence-electron chi connectivity index (χ2n) is 9.58. The number of carbonyl (C=O) groups is 2. The number of aromatic nitrogens is 2. The molecule has 4 aromatic rings. The van der Waals surface area contributed by atoms with E-state index in [1.165, 1.54) is 21.8 Å². The molecule has 37 heavy (non-hydrogen) atoms. The van der Waals surface area contributed by atoms with E-state index >= 15 is 0 Å². The Hall–Kier alpha value is -4.04. The van der Waals surface area contributed by atoms with Crippen LogP contribution in [-0.2, 0) is 16.0 Å². The zero-order chi connectivity index (χ0) is 25.7. The summed E-state index contributed by atoms with van der Waals surface area (Å²) in [5, 5.41) is 11.8. The monoisotopic (exact) mass is 511 g/mol. The molecular weight excluding hydrogens is 486 g/mol. The molecule has 7 nitrogen and oxygen atoms in total. The van der Waals surface area contributed by atoms with Crippen molar-refractivity contribution in [1.82, 2.24) is 9.97 Å². The van der Waals surface area contributed by atoms with Crippen molar-refractivity contribution >= 4 is 44.1 Å². The number of hydrogen-bond acceptors (Lipinski definition) is 7. The summed E-state index contributed by atoms with van der Waals surface area (Å²) in [5.41, 5.74) is 3.83. The lowest BCUT2D eigenvalue weighted by Gasteiger charge is -2.22. The number of aliphatic hydroxyl groups is 1. The van der Waals surface area contributed by atoms with Gasteiger partial charge in [0.25, 0.3) is 5.78 Å². The Balaban J connectivity index is 1.51. The number of carbonyl (C=O) groups excluding carboxylic acids is 2. The van der Waals surface area contributed by atoms with Gasteiger partial charge in [-0.2, -0.15) is 0 Å². The molecule has 0 saturated carbocycles. The predicted octanol–water partition coefficient (Wildman–Crippen LogP) is 5.77. The van der Waals surface area contributed by atoms with Crippen LogP contribution in [0.15, 0.2) is 66.4 Å². The number of pyridine rings is 1. The number of aryl methyl sites for hydroxylation is 1. The first-order chi connectivity index (χ1) is 17.9. The van der Waals surface area contributed by atoms with E-state index in [4.69, 9.17) is 9.72 Å². The molecule has 0 spiro atoms. The van der Waals surface area contributed by atoms with E-state index < -0.39 is 17.7 Å². The molecule has 8 heteroatoms. The van der Waals surface area contributed by atoms with Crippen LogP contribution in [-0.4, -0.2) is 33.4 Å². The van der Waals surface area contributed by atoms with Crippen molar-refractivity contribution in [2.75, 3.05) is 11.5 Å². The fourth-order valence-electron chi connectivity index (χ4n) is 4.90. The lowest BCUT2D eigenvalue weighted by molar-refractivity contribution is -0.132. The number of fused-ring (bicyclic) bond motifs is 2. The lowest BCUT2D eigenvalue weighted by atomic mass is 9.96. The Kier molecular flexibility index (Phi) is 5.76. The van der Waals surface area contributed by atoms with Gasteiger partial charge in [-0.15, -0.1) is 0 Å². The summed E-state index contributed by atoms with van der Waals surface area (Å²) < 4.78 is 6.62. The average Bonchev–Trinajstić information content (AvgIpc) is 3.46. The van der Waals surface area contributed by atoms with Crippen LogP contribution in [0, 0.1) is 0 Å². The van der Waals surface area contributed by atoms with Gasteiger partial charge >= 0.3 is 5.91 Å². The summed E-state index contributed by atoms with van der Waals surface area (Å²) in [6.07, 6.45) is 3.31. The molecule has 1 saturated heterocycles. The number of benzene rings is 2. The number of rotatable bonds is 4. The number of ketones is 1. The largest absolute Gasteiger partial charge is 0.507 e. The Morgan fingerprint density at radius 2 is 2.00 bits per heavy atom. The normalized spacial score (nSPS) is 18.9. The van der Waals surface area contributed by atoms with Gasteiger partial charge in [-0.05, 0) is 72.4 Å². The van der Waals surface area contributed by atoms with Gasteiger partial charge in [0.2, 0.25) is 0 Å². The molecule has 6 rings (SSSR count). The van der Waals surface area contributed by atoms with Crippen molar-refractivity contribution in [2.24, 2.45) is 0 Å². The number of amides is 1. The van der Waals surface area contributed by atoms with Crippen molar-refractivity contribution in [3.63, 3.8) is 0 Å². The van der Waals surface area contributed by atoms with Crippen LogP contribution < -0.4 is 9.64 Å². The van der Waals surface area contributed by atoms with Crippen LogP contribution in [0.25, 0.3) is 16.0 Å². The van der Waals surface area contributed by atoms with Gasteiger partial charge in [0, 0.05) is 11.8 Å². The number of ether oxygens (including phenoxy) is 1. The Morgan fingerprint density at radius 3 is 2.78 bits per heavy atom. The topological polar surface area (TPSA) is 92.6 Å². The fraction of sp³-hybridized carbons (Fsp3) is 0.241. The molecule has 1 amide bonds. The molecule has 0 bridgehead atoms. The molecule has 2 aliphatic rings. The van der Waals surface area contributed by atoms with Gasteiger partial charge < -0.3 is 9.84 Å². The Bertz CT molecular complexity index is 1570. The van der Waals surface area contributed by atoms with Crippen molar-refractivity contribution < 1.29 is 19.4 Å². The van der Waals surface area contributed by atoms with E-state index in [0.717, 1.165) is 34.4 Å². The zero-order valence-corrected chi connectivity index (χ0v) is 21.3. The first-order valence-electron chi connectivity index (χ1n) is 12.3. The highest BCUT2D eigenvalue weighted by atomic mass is 32.1. The smallest absolute Gasteiger partial charge is 0.301 e. The zero-order valence-electron chi connectivity index (χ0n) is 20.5. The highest BCUT2D eigenvalue weighted by Gasteiger charge is 2.48. The molecule has 1 unspecified atom stereocenters. The second kappa shape index (κ2) is 9.12. The summed E-state index contributed by atoms with van der Waals surface area (Å²) in [5.74, 6) is -0.599. The number of nitrogens with zero attached hydrogens (tertiary/aromatic N) is 3. The van der Waals surface area contributed by atoms with Crippen LogP contribution in [0.2, 0.25) is 0 Å². The van der Waals surface area contributed by atoms with E-state index in [0.29, 0.717) is 28.9 Å². The van der Waals surface area contributed by atoms with Crippen LogP contribution in [0.5, 0.6) is 5.75 Å². The Labute approximate surface area is 218 Å². The van der Waals surface area contributed by atoms with Crippen molar-refractivity contribution in [3.8, 4) is 5.75 Å². The predicted molar refractivity (Wildman–Crippen MR) is 143 cm³/mol. The molecule has 186 valence electrons. The second-order valence-corrected chi connectivity index (χ2v) is 10.6. The van der Waals surface area contributed by atoms with Crippen molar-refractivity contribution in [3.05, 3.63) is 88.8 Å². The molecule has 1 fully saturated rings. The van der Waals surface area contributed by atoms with Gasteiger partial charge in [0.15, 0.2) is 5.13 Å². The quantitative estimate of drug-likeness (QED) is 0.213. The number of thiazole rings is 1. The maximum atomic E-state index is 13.5. The molecule has 0 radical (unpaired) electrons. The first kappa shape index (κ1) is 23.4. The van der Waals surface area contributed by atoms with E-state index in [2.05, 4.69) is 24.9 Å². The summed E-state index contributed by atoms with van der Waals surface area (Å²) >= 11 is 1.35. The minimum Gasteiger partial charge on any atom is -0.507 e. The summed E-state index contributed by atoms with van der Waals surface area (Å²) in [6, 6.07) is 15.8. The van der Waals surface area contributed by atoms with Gasteiger partial charge in [0.05, 0.1) is 28.1 Å². The molecule has 0 aliphatic carbocycles. The van der Waals surface area contributed by atoms with E-state index in [1.54, 1.807) is 36.5 Å². The standard InChI is InChI=1S/C29H25N3O4S/c1-16(2)17-8-10-20-23(15-17)37-29(31-20)32-25(21-7-3-4-12-30-21)24(27(34)28(32)35)26(33)19-9-11-22-18(14-19)6-5-13-36-22/h3-4,7-12,14-16,25,33H,5-6,13H2,1-2H3/b26-24+. The maximum Gasteiger partial charge on any atom is 0.301 e. The fourth-order valence-corrected chi connectivity index (χ4v) is 5.94. The third kappa shape index (κ3) is 3.97. The Morgan fingerprint density at radius 1 is 1.14 bits per heavy atom. The van der Waals surface area contributed by atoms with E-state index in [-0.39, 0.29) is 11.3 Å². The van der Waals surface area contributed by atoms with Gasteiger partial charge in [-0.25, -0.2) is 4.98 Å². The van der Waals surface area contributed by atoms with Crippen LogP contribution in [0.3, 0.4) is 0 Å². The number of hydrogen-bond donors (Lipinski definition) is 1. The van der Waals surface area contributed by atoms with Gasteiger partial charge in [-0.3, -0.25) is 19.5 Å². The molecule has 2 aromatic heterocycles. The van der Waals surface area contributed by atoms with Crippen molar-refractivity contribution in [1.29, 1.82) is 0 Å². The first-order valence-corrected chi connectivity index (χ1v) is 13.1. The van der Waals surface area contributed by atoms with Crippen LogP contribution in [0.4, 0.5) is 5.13 Å². The third-order valence-electron chi connectivity index (χ3n) is 6.87. The van der Waals surface area contributed by atoms with Gasteiger partial charge in [0.1, 0.15) is 17.6 Å². The number of aliphatic hydroxyl groups excluding tert-OH is 1. The number of Topliss-reactive ketones (excluding diaryl/α,β-unsaturated/α-hetero) is 1. The van der Waals surface area contributed by atoms with Gasteiger partial charge in [-0.1, -0.05) is 37.3 Å². The minimum atomic E-state index is -0.904.